The number of anilines is 3. The van der Waals surface area contributed by atoms with Crippen LogP contribution in [-0.4, -0.2) is 52.5 Å². The predicted molar refractivity (Wildman–Crippen MR) is 107 cm³/mol. The number of nitrogens with one attached hydrogen (secondary N) is 1. The molecule has 2 aromatic rings. The lowest BCUT2D eigenvalue weighted by Crippen LogP contribution is -2.46. The van der Waals surface area contributed by atoms with Gasteiger partial charge in [0.1, 0.15) is 6.33 Å². The summed E-state index contributed by atoms with van der Waals surface area (Å²) in [5.41, 5.74) is 1.91. The van der Waals surface area contributed by atoms with Crippen LogP contribution in [0.4, 0.5) is 23.0 Å². The number of nitro groups is 1. The second kappa shape index (κ2) is 8.30. The topological polar surface area (TPSA) is 87.4 Å². The van der Waals surface area contributed by atoms with Crippen molar-refractivity contribution in [1.82, 2.24) is 14.9 Å². The normalized spacial score (nSPS) is 15.2. The smallest absolute Gasteiger partial charge is 0.348 e. The van der Waals surface area contributed by atoms with Crippen molar-refractivity contribution in [1.29, 1.82) is 0 Å². The van der Waals surface area contributed by atoms with E-state index in [0.717, 1.165) is 25.3 Å². The van der Waals surface area contributed by atoms with Gasteiger partial charge in [-0.2, -0.15) is 0 Å². The molecule has 8 heteroatoms. The van der Waals surface area contributed by atoms with Gasteiger partial charge in [-0.1, -0.05) is 32.9 Å². The Morgan fingerprint density at radius 2 is 1.81 bits per heavy atom. The zero-order valence-electron chi connectivity index (χ0n) is 16.1. The van der Waals surface area contributed by atoms with Crippen molar-refractivity contribution in [2.75, 3.05) is 42.9 Å². The molecule has 0 spiro atoms. The van der Waals surface area contributed by atoms with E-state index in [1.807, 2.05) is 29.2 Å². The first kappa shape index (κ1) is 19.0. The van der Waals surface area contributed by atoms with Gasteiger partial charge < -0.3 is 15.1 Å². The quantitative estimate of drug-likeness (QED) is 0.616. The molecule has 2 heterocycles. The molecule has 1 saturated heterocycles. The van der Waals surface area contributed by atoms with E-state index in [9.17, 15) is 10.1 Å². The molecule has 3 rings (SSSR count). The molecule has 1 aromatic carbocycles. The summed E-state index contributed by atoms with van der Waals surface area (Å²) in [5, 5.41) is 14.9. The van der Waals surface area contributed by atoms with E-state index >= 15 is 0 Å². The summed E-state index contributed by atoms with van der Waals surface area (Å²) in [6.45, 7) is 10.5. The molecule has 0 saturated carbocycles. The first-order valence-corrected chi connectivity index (χ1v) is 9.33. The van der Waals surface area contributed by atoms with Gasteiger partial charge >= 0.3 is 5.69 Å². The first-order chi connectivity index (χ1) is 13.0. The van der Waals surface area contributed by atoms with Crippen LogP contribution >= 0.6 is 0 Å². The third-order valence-electron chi connectivity index (χ3n) is 4.94. The Labute approximate surface area is 159 Å². The van der Waals surface area contributed by atoms with Gasteiger partial charge in [0.15, 0.2) is 0 Å². The minimum absolute atomic E-state index is 0.0737. The van der Waals surface area contributed by atoms with Crippen LogP contribution in [0.15, 0.2) is 30.6 Å². The molecule has 0 unspecified atom stereocenters. The largest absolute Gasteiger partial charge is 0.353 e. The Kier molecular flexibility index (Phi) is 5.85. The number of nitrogens with zero attached hydrogens (tertiary/aromatic N) is 5. The van der Waals surface area contributed by atoms with Crippen molar-refractivity contribution >= 4 is 23.0 Å². The fourth-order valence-corrected chi connectivity index (χ4v) is 3.22. The molecule has 1 aromatic heterocycles. The Hall–Kier alpha value is -2.74. The summed E-state index contributed by atoms with van der Waals surface area (Å²) in [6.07, 6.45) is 1.39. The van der Waals surface area contributed by atoms with Crippen LogP contribution in [0.5, 0.6) is 0 Å². The van der Waals surface area contributed by atoms with Gasteiger partial charge in [-0.15, -0.1) is 0 Å². The average molecular weight is 370 g/mol. The number of rotatable bonds is 6. The van der Waals surface area contributed by atoms with Gasteiger partial charge in [0, 0.05) is 31.9 Å². The SMILES string of the molecule is CCN1CCN(c2ncnc(Nc3ccc(C(C)C)cc3)c2[N+](=O)[O-])CC1. The standard InChI is InChI=1S/C19H26N6O2/c1-4-23-9-11-24(12-10-23)19-17(25(26)27)18(20-13-21-19)22-16-7-5-15(6-8-16)14(2)3/h5-8,13-14H,4,9-12H2,1-3H3,(H,20,21,22). The van der Waals surface area contributed by atoms with Crippen molar-refractivity contribution in [3.8, 4) is 0 Å². The van der Waals surface area contributed by atoms with Gasteiger partial charge in [0.2, 0.25) is 11.6 Å². The lowest BCUT2D eigenvalue weighted by atomic mass is 10.0. The lowest BCUT2D eigenvalue weighted by Gasteiger charge is -2.34. The summed E-state index contributed by atoms with van der Waals surface area (Å²) in [7, 11) is 0. The minimum atomic E-state index is -0.396. The minimum Gasteiger partial charge on any atom is -0.348 e. The van der Waals surface area contributed by atoms with E-state index in [-0.39, 0.29) is 11.5 Å². The highest BCUT2D eigenvalue weighted by Crippen LogP contribution is 2.34. The average Bonchev–Trinajstić information content (AvgIpc) is 2.68. The highest BCUT2D eigenvalue weighted by molar-refractivity contribution is 5.74. The van der Waals surface area contributed by atoms with Crippen molar-refractivity contribution in [2.24, 2.45) is 0 Å². The van der Waals surface area contributed by atoms with Crippen LogP contribution in [0.3, 0.4) is 0 Å². The van der Waals surface area contributed by atoms with Gasteiger partial charge in [-0.25, -0.2) is 9.97 Å². The highest BCUT2D eigenvalue weighted by atomic mass is 16.6. The number of piperazine rings is 1. The van der Waals surface area contributed by atoms with E-state index in [1.54, 1.807) is 0 Å². The zero-order valence-corrected chi connectivity index (χ0v) is 16.1. The molecule has 27 heavy (non-hydrogen) atoms. The Bertz CT molecular complexity index is 785. The molecule has 0 bridgehead atoms. The summed E-state index contributed by atoms with van der Waals surface area (Å²) in [5.74, 6) is 1.04. The first-order valence-electron chi connectivity index (χ1n) is 9.33. The monoisotopic (exact) mass is 370 g/mol. The van der Waals surface area contributed by atoms with Gasteiger partial charge in [0.05, 0.1) is 4.92 Å². The van der Waals surface area contributed by atoms with E-state index in [2.05, 4.69) is 41.0 Å². The van der Waals surface area contributed by atoms with Crippen molar-refractivity contribution in [3.63, 3.8) is 0 Å². The maximum Gasteiger partial charge on any atom is 0.353 e. The summed E-state index contributed by atoms with van der Waals surface area (Å²) in [6, 6.07) is 7.87. The molecule has 0 atom stereocenters. The van der Waals surface area contributed by atoms with Crippen molar-refractivity contribution in [2.45, 2.75) is 26.7 Å². The van der Waals surface area contributed by atoms with E-state index < -0.39 is 4.92 Å². The molecule has 8 nitrogen and oxygen atoms in total. The Morgan fingerprint density at radius 3 is 2.37 bits per heavy atom. The number of benzene rings is 1. The highest BCUT2D eigenvalue weighted by Gasteiger charge is 2.29. The summed E-state index contributed by atoms with van der Waals surface area (Å²) >= 11 is 0. The molecule has 1 fully saturated rings. The van der Waals surface area contributed by atoms with Crippen LogP contribution in [0.25, 0.3) is 0 Å². The van der Waals surface area contributed by atoms with Gasteiger partial charge in [-0.3, -0.25) is 10.1 Å². The van der Waals surface area contributed by atoms with Gasteiger partial charge in [0.25, 0.3) is 0 Å². The molecule has 1 aliphatic heterocycles. The second-order valence-corrected chi connectivity index (χ2v) is 6.97. The number of likely N-dealkylation sites (N-methyl/N-ethyl adjacent to an activating group) is 1. The van der Waals surface area contributed by atoms with Crippen LogP contribution in [0, 0.1) is 10.1 Å². The second-order valence-electron chi connectivity index (χ2n) is 6.97. The lowest BCUT2D eigenvalue weighted by molar-refractivity contribution is -0.383. The summed E-state index contributed by atoms with van der Waals surface area (Å²) < 4.78 is 0. The Morgan fingerprint density at radius 1 is 1.15 bits per heavy atom. The van der Waals surface area contributed by atoms with Crippen LogP contribution in [0.1, 0.15) is 32.3 Å². The van der Waals surface area contributed by atoms with E-state index in [1.165, 1.54) is 11.9 Å². The summed E-state index contributed by atoms with van der Waals surface area (Å²) in [4.78, 5) is 24.0. The molecule has 0 radical (unpaired) electrons. The van der Waals surface area contributed by atoms with E-state index in [0.29, 0.717) is 24.8 Å². The van der Waals surface area contributed by atoms with Crippen LogP contribution < -0.4 is 10.2 Å². The molecular weight excluding hydrogens is 344 g/mol. The fourth-order valence-electron chi connectivity index (χ4n) is 3.22. The molecular formula is C19H26N6O2. The number of aromatic nitrogens is 2. The fraction of sp³-hybridized carbons (Fsp3) is 0.474. The molecule has 1 aliphatic rings. The van der Waals surface area contributed by atoms with Crippen LogP contribution in [0.2, 0.25) is 0 Å². The predicted octanol–water partition coefficient (Wildman–Crippen LogP) is 3.39. The third-order valence-corrected chi connectivity index (χ3v) is 4.94. The number of hydrogen-bond donors (Lipinski definition) is 1. The Balaban J connectivity index is 1.86. The zero-order chi connectivity index (χ0) is 19.4. The van der Waals surface area contributed by atoms with Crippen LogP contribution in [-0.2, 0) is 0 Å². The third kappa shape index (κ3) is 4.33. The maximum absolute atomic E-state index is 11.8. The molecule has 1 N–H and O–H groups in total. The van der Waals surface area contributed by atoms with Gasteiger partial charge in [-0.05, 0) is 30.2 Å². The molecule has 0 aliphatic carbocycles. The maximum atomic E-state index is 11.8. The van der Waals surface area contributed by atoms with Crippen molar-refractivity contribution < 1.29 is 4.92 Å². The molecule has 144 valence electrons. The number of hydrogen-bond acceptors (Lipinski definition) is 7. The molecule has 0 amide bonds. The van der Waals surface area contributed by atoms with E-state index in [4.69, 9.17) is 0 Å². The van der Waals surface area contributed by atoms with Crippen molar-refractivity contribution in [3.05, 3.63) is 46.3 Å².